The third-order valence-electron chi connectivity index (χ3n) is 2.86. The lowest BCUT2D eigenvalue weighted by Gasteiger charge is -2.17. The fourth-order valence-corrected chi connectivity index (χ4v) is 1.73. The van der Waals surface area contributed by atoms with Gasteiger partial charge in [0.1, 0.15) is 0 Å². The Morgan fingerprint density at radius 2 is 2.00 bits per heavy atom. The second-order valence-corrected chi connectivity index (χ2v) is 4.73. The molecule has 5 nitrogen and oxygen atoms in total. The molecule has 1 rings (SSSR count). The second-order valence-electron chi connectivity index (χ2n) is 4.73. The van der Waals surface area contributed by atoms with Crippen LogP contribution in [0.1, 0.15) is 25.5 Å². The lowest BCUT2D eigenvalue weighted by atomic mass is 10.1. The molecular formula is C15H24N2O3. The number of nitrogens with one attached hydrogen (secondary N) is 2. The van der Waals surface area contributed by atoms with Crippen molar-refractivity contribution in [3.8, 4) is 0 Å². The number of aliphatic hydroxyl groups excluding tert-OH is 1. The zero-order valence-corrected chi connectivity index (χ0v) is 12.1. The molecule has 1 aromatic carbocycles. The minimum Gasteiger partial charge on any atom is -0.389 e. The molecule has 2 unspecified atom stereocenters. The molecule has 0 bridgehead atoms. The van der Waals surface area contributed by atoms with Crippen LogP contribution in [0.3, 0.4) is 0 Å². The van der Waals surface area contributed by atoms with Gasteiger partial charge in [0, 0.05) is 26.6 Å². The van der Waals surface area contributed by atoms with E-state index in [0.29, 0.717) is 19.6 Å². The number of carbonyl (C=O) groups excluding carboxylic acids is 1. The van der Waals surface area contributed by atoms with E-state index >= 15 is 0 Å². The molecule has 0 spiro atoms. The summed E-state index contributed by atoms with van der Waals surface area (Å²) in [5, 5.41) is 15.5. The SMILES string of the molecule is CC(=O)NCCNCC(O)COC(C)c1ccccc1. The molecule has 0 aliphatic carbocycles. The van der Waals surface area contributed by atoms with Gasteiger partial charge in [-0.3, -0.25) is 4.79 Å². The molecule has 1 amide bonds. The number of carbonyl (C=O) groups is 1. The maximum Gasteiger partial charge on any atom is 0.216 e. The van der Waals surface area contributed by atoms with Crippen molar-refractivity contribution in [2.45, 2.75) is 26.1 Å². The van der Waals surface area contributed by atoms with Crippen molar-refractivity contribution >= 4 is 5.91 Å². The fraction of sp³-hybridized carbons (Fsp3) is 0.533. The van der Waals surface area contributed by atoms with Gasteiger partial charge in [0.15, 0.2) is 0 Å². The predicted molar refractivity (Wildman–Crippen MR) is 78.4 cm³/mol. The van der Waals surface area contributed by atoms with Crippen LogP contribution in [0.25, 0.3) is 0 Å². The van der Waals surface area contributed by atoms with E-state index in [1.807, 2.05) is 37.3 Å². The Bertz CT molecular complexity index is 384. The number of rotatable bonds is 9. The molecule has 5 heteroatoms. The predicted octanol–water partition coefficient (Wildman–Crippen LogP) is 0.851. The van der Waals surface area contributed by atoms with Gasteiger partial charge in [0.25, 0.3) is 0 Å². The van der Waals surface area contributed by atoms with Crippen molar-refractivity contribution in [3.05, 3.63) is 35.9 Å². The summed E-state index contributed by atoms with van der Waals surface area (Å²) in [5.74, 6) is -0.0487. The van der Waals surface area contributed by atoms with Crippen LogP contribution in [0.4, 0.5) is 0 Å². The molecule has 0 saturated carbocycles. The van der Waals surface area contributed by atoms with Gasteiger partial charge >= 0.3 is 0 Å². The van der Waals surface area contributed by atoms with Crippen LogP contribution in [0, 0.1) is 0 Å². The summed E-state index contributed by atoms with van der Waals surface area (Å²) >= 11 is 0. The molecule has 0 radical (unpaired) electrons. The summed E-state index contributed by atoms with van der Waals surface area (Å²) in [7, 11) is 0. The normalized spacial score (nSPS) is 13.8. The first kappa shape index (κ1) is 16.6. The van der Waals surface area contributed by atoms with Gasteiger partial charge in [-0.2, -0.15) is 0 Å². The Hall–Kier alpha value is -1.43. The summed E-state index contributed by atoms with van der Waals surface area (Å²) in [4.78, 5) is 10.6. The second kappa shape index (κ2) is 9.47. The fourth-order valence-electron chi connectivity index (χ4n) is 1.73. The van der Waals surface area contributed by atoms with Gasteiger partial charge in [-0.25, -0.2) is 0 Å². The minimum absolute atomic E-state index is 0.0368. The summed E-state index contributed by atoms with van der Waals surface area (Å²) in [6, 6.07) is 9.90. The highest BCUT2D eigenvalue weighted by atomic mass is 16.5. The highest BCUT2D eigenvalue weighted by molar-refractivity contribution is 5.72. The van der Waals surface area contributed by atoms with Gasteiger partial charge in [0.2, 0.25) is 5.91 Å². The van der Waals surface area contributed by atoms with E-state index in [1.165, 1.54) is 6.92 Å². The molecule has 0 aliphatic heterocycles. The van der Waals surface area contributed by atoms with Crippen molar-refractivity contribution in [1.82, 2.24) is 10.6 Å². The number of benzene rings is 1. The molecule has 3 N–H and O–H groups in total. The Morgan fingerprint density at radius 3 is 2.65 bits per heavy atom. The van der Waals surface area contributed by atoms with Crippen LogP contribution < -0.4 is 10.6 Å². The molecular weight excluding hydrogens is 256 g/mol. The smallest absolute Gasteiger partial charge is 0.216 e. The van der Waals surface area contributed by atoms with Crippen molar-refractivity contribution in [2.24, 2.45) is 0 Å². The highest BCUT2D eigenvalue weighted by Gasteiger charge is 2.09. The number of aliphatic hydroxyl groups is 1. The van der Waals surface area contributed by atoms with E-state index in [4.69, 9.17) is 4.74 Å². The van der Waals surface area contributed by atoms with Gasteiger partial charge in [0.05, 0.1) is 18.8 Å². The van der Waals surface area contributed by atoms with Gasteiger partial charge in [-0.1, -0.05) is 30.3 Å². The topological polar surface area (TPSA) is 70.6 Å². The number of amides is 1. The zero-order valence-electron chi connectivity index (χ0n) is 12.1. The van der Waals surface area contributed by atoms with Crippen LogP contribution in [0.15, 0.2) is 30.3 Å². The molecule has 0 heterocycles. The Balaban J connectivity index is 2.10. The van der Waals surface area contributed by atoms with Crippen LogP contribution in [0.2, 0.25) is 0 Å². The molecule has 1 aromatic rings. The Labute approximate surface area is 120 Å². The lowest BCUT2D eigenvalue weighted by Crippen LogP contribution is -2.36. The number of hydrogen-bond acceptors (Lipinski definition) is 4. The van der Waals surface area contributed by atoms with E-state index in [9.17, 15) is 9.90 Å². The third kappa shape index (κ3) is 7.23. The van der Waals surface area contributed by atoms with Gasteiger partial charge in [-0.15, -0.1) is 0 Å². The maximum atomic E-state index is 10.6. The molecule has 2 atom stereocenters. The summed E-state index contributed by atoms with van der Waals surface area (Å²) in [5.41, 5.74) is 1.10. The van der Waals surface area contributed by atoms with E-state index in [1.54, 1.807) is 0 Å². The molecule has 0 fully saturated rings. The van der Waals surface area contributed by atoms with Crippen molar-refractivity contribution < 1.29 is 14.6 Å². The van der Waals surface area contributed by atoms with E-state index < -0.39 is 6.10 Å². The van der Waals surface area contributed by atoms with Crippen LogP contribution in [-0.2, 0) is 9.53 Å². The Morgan fingerprint density at radius 1 is 1.30 bits per heavy atom. The molecule has 112 valence electrons. The van der Waals surface area contributed by atoms with Crippen molar-refractivity contribution in [2.75, 3.05) is 26.2 Å². The molecule has 20 heavy (non-hydrogen) atoms. The first-order valence-electron chi connectivity index (χ1n) is 6.89. The molecule has 0 aliphatic rings. The van der Waals surface area contributed by atoms with Gasteiger partial charge < -0.3 is 20.5 Å². The van der Waals surface area contributed by atoms with E-state index in [2.05, 4.69) is 10.6 Å². The van der Waals surface area contributed by atoms with Crippen molar-refractivity contribution in [3.63, 3.8) is 0 Å². The number of ether oxygens (including phenoxy) is 1. The highest BCUT2D eigenvalue weighted by Crippen LogP contribution is 2.15. The molecule has 0 saturated heterocycles. The standard InChI is InChI=1S/C15H24N2O3/c1-12(14-6-4-3-5-7-14)20-11-15(19)10-16-8-9-17-13(2)18/h3-7,12,15-16,19H,8-11H2,1-2H3,(H,17,18). The first-order chi connectivity index (χ1) is 9.59. The van der Waals surface area contributed by atoms with Crippen LogP contribution in [-0.4, -0.2) is 43.4 Å². The average molecular weight is 280 g/mol. The Kier molecular flexibility index (Phi) is 7.87. The lowest BCUT2D eigenvalue weighted by molar-refractivity contribution is -0.118. The van der Waals surface area contributed by atoms with E-state index in [-0.39, 0.29) is 18.6 Å². The zero-order chi connectivity index (χ0) is 14.8. The van der Waals surface area contributed by atoms with Gasteiger partial charge in [-0.05, 0) is 12.5 Å². The van der Waals surface area contributed by atoms with Crippen LogP contribution in [0.5, 0.6) is 0 Å². The molecule has 0 aromatic heterocycles. The monoisotopic (exact) mass is 280 g/mol. The average Bonchev–Trinajstić information content (AvgIpc) is 2.45. The summed E-state index contributed by atoms with van der Waals surface area (Å²) < 4.78 is 5.63. The van der Waals surface area contributed by atoms with Crippen LogP contribution >= 0.6 is 0 Å². The first-order valence-corrected chi connectivity index (χ1v) is 6.89. The van der Waals surface area contributed by atoms with E-state index in [0.717, 1.165) is 5.56 Å². The third-order valence-corrected chi connectivity index (χ3v) is 2.86. The largest absolute Gasteiger partial charge is 0.389 e. The number of hydrogen-bond donors (Lipinski definition) is 3. The maximum absolute atomic E-state index is 10.6. The summed E-state index contributed by atoms with van der Waals surface area (Å²) in [6.07, 6.45) is -0.594. The van der Waals surface area contributed by atoms with Crippen molar-refractivity contribution in [1.29, 1.82) is 0 Å². The minimum atomic E-state index is -0.557. The quantitative estimate of drug-likeness (QED) is 0.587. The summed E-state index contributed by atoms with van der Waals surface area (Å²) in [6.45, 7) is 5.36.